The summed E-state index contributed by atoms with van der Waals surface area (Å²) in [6.07, 6.45) is 6.24. The molecule has 1 aliphatic heterocycles. The number of carbonyl (C=O) groups is 1. The van der Waals surface area contributed by atoms with Gasteiger partial charge < -0.3 is 14.9 Å². The summed E-state index contributed by atoms with van der Waals surface area (Å²) < 4.78 is 32.9. The van der Waals surface area contributed by atoms with E-state index in [-0.39, 0.29) is 11.9 Å². The number of methoxy groups -OCH3 is 1. The molecule has 0 amide bonds. The highest BCUT2D eigenvalue weighted by Gasteiger charge is 2.52. The lowest BCUT2D eigenvalue weighted by atomic mass is 9.95. The lowest BCUT2D eigenvalue weighted by Crippen LogP contribution is -2.41. The quantitative estimate of drug-likeness (QED) is 0.236. The highest BCUT2D eigenvalue weighted by Crippen LogP contribution is 2.37. The molecule has 1 fully saturated rings. The number of aryl methyl sites for hydroxylation is 1. The minimum Gasteiger partial charge on any atom is -0.469 e. The lowest BCUT2D eigenvalue weighted by Gasteiger charge is -2.26. The van der Waals surface area contributed by atoms with E-state index in [1.54, 1.807) is 12.2 Å². The van der Waals surface area contributed by atoms with Crippen LogP contribution in [0.25, 0.3) is 0 Å². The fraction of sp³-hybridized carbons (Fsp3) is 0.654. The summed E-state index contributed by atoms with van der Waals surface area (Å²) in [6, 6.07) is 9.56. The third kappa shape index (κ3) is 9.14. The van der Waals surface area contributed by atoms with Gasteiger partial charge in [0.1, 0.15) is 0 Å². The monoisotopic (exact) mass is 467 g/mol. The van der Waals surface area contributed by atoms with E-state index in [2.05, 4.69) is 16.9 Å². The molecule has 1 unspecified atom stereocenters. The number of hydrogen-bond donors (Lipinski definition) is 2. The standard InChI is InChI=1S/C26H39F2NO4/c1-20(11-10-14-21-12-6-5-7-13-21)23(30)17-16-22-19-26(27,28)25(32)29(22)18-9-4-3-8-15-24(31)33-2/h5-7,12-13,16-17,20,22-23,25,30,32H,3-4,8-11,14-15,18-19H2,1-2H3/b17-16+/t20-,22-,23+,25?/m0/s1. The van der Waals surface area contributed by atoms with Crippen molar-refractivity contribution in [2.75, 3.05) is 13.7 Å². The van der Waals surface area contributed by atoms with Crippen molar-refractivity contribution in [3.63, 3.8) is 0 Å². The molecule has 33 heavy (non-hydrogen) atoms. The van der Waals surface area contributed by atoms with Gasteiger partial charge in [0, 0.05) is 25.4 Å². The largest absolute Gasteiger partial charge is 0.469 e. The molecule has 0 spiro atoms. The lowest BCUT2D eigenvalue weighted by molar-refractivity contribution is -0.140. The van der Waals surface area contributed by atoms with Crippen molar-refractivity contribution in [3.8, 4) is 0 Å². The minimum atomic E-state index is -3.17. The van der Waals surface area contributed by atoms with E-state index in [4.69, 9.17) is 0 Å². The van der Waals surface area contributed by atoms with Gasteiger partial charge in [0.15, 0.2) is 6.23 Å². The van der Waals surface area contributed by atoms with Gasteiger partial charge in [0.25, 0.3) is 5.92 Å². The number of likely N-dealkylation sites (tertiary alicyclic amines) is 1. The minimum absolute atomic E-state index is 0.0139. The number of hydrogen-bond acceptors (Lipinski definition) is 5. The summed E-state index contributed by atoms with van der Waals surface area (Å²) in [6.45, 7) is 2.30. The van der Waals surface area contributed by atoms with Crippen molar-refractivity contribution in [2.45, 2.75) is 89.0 Å². The number of carbonyl (C=O) groups excluding carboxylic acids is 1. The molecule has 186 valence electrons. The van der Waals surface area contributed by atoms with Gasteiger partial charge in [-0.25, -0.2) is 8.78 Å². The van der Waals surface area contributed by atoms with Gasteiger partial charge in [-0.15, -0.1) is 0 Å². The number of ether oxygens (including phenoxy) is 1. The summed E-state index contributed by atoms with van der Waals surface area (Å²) in [5, 5.41) is 20.6. The van der Waals surface area contributed by atoms with Gasteiger partial charge in [0.05, 0.1) is 13.2 Å². The van der Waals surface area contributed by atoms with Crippen LogP contribution in [0.5, 0.6) is 0 Å². The zero-order valence-corrected chi connectivity index (χ0v) is 19.8. The topological polar surface area (TPSA) is 70.0 Å². The Morgan fingerprint density at radius 2 is 1.91 bits per heavy atom. The number of esters is 1. The van der Waals surface area contributed by atoms with E-state index in [9.17, 15) is 23.8 Å². The maximum absolute atomic E-state index is 14.2. The van der Waals surface area contributed by atoms with Gasteiger partial charge in [-0.1, -0.05) is 62.2 Å². The molecule has 4 atom stereocenters. The molecule has 2 N–H and O–H groups in total. The zero-order valence-electron chi connectivity index (χ0n) is 19.8. The molecule has 1 aromatic rings. The Hall–Kier alpha value is -1.83. The highest BCUT2D eigenvalue weighted by atomic mass is 19.3. The Balaban J connectivity index is 1.79. The molecule has 0 aliphatic carbocycles. The SMILES string of the molecule is COC(=O)CCCCCCN1C(O)C(F)(F)C[C@@H]1/C=C/[C@@H](O)[C@@H](C)CCCc1ccccc1. The number of unbranched alkanes of at least 4 members (excludes halogenated alkanes) is 3. The van der Waals surface area contributed by atoms with Crippen LogP contribution in [0.3, 0.4) is 0 Å². The third-order valence-corrected chi connectivity index (χ3v) is 6.46. The van der Waals surface area contributed by atoms with Crippen LogP contribution in [0.15, 0.2) is 42.5 Å². The molecule has 1 aromatic carbocycles. The molecule has 5 nitrogen and oxygen atoms in total. The Labute approximate surface area is 196 Å². The maximum atomic E-state index is 14.2. The van der Waals surface area contributed by atoms with Gasteiger partial charge in [-0.05, 0) is 43.6 Å². The van der Waals surface area contributed by atoms with Crippen molar-refractivity contribution in [2.24, 2.45) is 5.92 Å². The van der Waals surface area contributed by atoms with Crippen LogP contribution in [0, 0.1) is 5.92 Å². The number of aliphatic hydroxyl groups excluding tert-OH is 2. The first-order valence-electron chi connectivity index (χ1n) is 12.0. The Kier molecular flexibility index (Phi) is 11.4. The van der Waals surface area contributed by atoms with Gasteiger partial charge in [0.2, 0.25) is 0 Å². The Morgan fingerprint density at radius 1 is 1.21 bits per heavy atom. The molecule has 1 heterocycles. The first-order chi connectivity index (χ1) is 15.7. The second kappa shape index (κ2) is 13.8. The second-order valence-electron chi connectivity index (χ2n) is 9.11. The van der Waals surface area contributed by atoms with Crippen LogP contribution in [0.4, 0.5) is 8.78 Å². The zero-order chi connectivity index (χ0) is 24.3. The van der Waals surface area contributed by atoms with E-state index < -0.39 is 30.7 Å². The van der Waals surface area contributed by atoms with Gasteiger partial charge in [-0.3, -0.25) is 9.69 Å². The third-order valence-electron chi connectivity index (χ3n) is 6.46. The van der Waals surface area contributed by atoms with Crippen molar-refractivity contribution in [3.05, 3.63) is 48.0 Å². The normalized spacial score (nSPS) is 22.5. The fourth-order valence-corrected chi connectivity index (χ4v) is 4.29. The van der Waals surface area contributed by atoms with E-state index in [0.29, 0.717) is 25.8 Å². The summed E-state index contributed by atoms with van der Waals surface area (Å²) in [5.74, 6) is -3.41. The maximum Gasteiger partial charge on any atom is 0.305 e. The molecule has 7 heteroatoms. The molecular weight excluding hydrogens is 428 g/mol. The predicted molar refractivity (Wildman–Crippen MR) is 125 cm³/mol. The molecule has 0 saturated carbocycles. The smallest absolute Gasteiger partial charge is 0.305 e. The number of nitrogens with zero attached hydrogens (tertiary/aromatic N) is 1. The van der Waals surface area contributed by atoms with E-state index in [1.807, 2.05) is 25.1 Å². The Bertz CT molecular complexity index is 728. The van der Waals surface area contributed by atoms with Crippen LogP contribution < -0.4 is 0 Å². The fourth-order valence-electron chi connectivity index (χ4n) is 4.29. The summed E-state index contributed by atoms with van der Waals surface area (Å²) in [7, 11) is 1.35. The van der Waals surface area contributed by atoms with E-state index in [0.717, 1.165) is 32.1 Å². The van der Waals surface area contributed by atoms with Crippen molar-refractivity contribution >= 4 is 5.97 Å². The summed E-state index contributed by atoms with van der Waals surface area (Å²) in [5.41, 5.74) is 1.26. The molecule has 1 saturated heterocycles. The number of rotatable bonds is 14. The average molecular weight is 468 g/mol. The van der Waals surface area contributed by atoms with E-state index >= 15 is 0 Å². The van der Waals surface area contributed by atoms with E-state index in [1.165, 1.54) is 17.6 Å². The predicted octanol–water partition coefficient (Wildman–Crippen LogP) is 4.71. The summed E-state index contributed by atoms with van der Waals surface area (Å²) >= 11 is 0. The molecule has 2 rings (SSSR count). The molecule has 1 aliphatic rings. The highest BCUT2D eigenvalue weighted by molar-refractivity contribution is 5.68. The molecular formula is C26H39F2NO4. The van der Waals surface area contributed by atoms with Crippen LogP contribution >= 0.6 is 0 Å². The van der Waals surface area contributed by atoms with Crippen LogP contribution in [-0.2, 0) is 16.0 Å². The van der Waals surface area contributed by atoms with Crippen molar-refractivity contribution in [1.29, 1.82) is 0 Å². The summed E-state index contributed by atoms with van der Waals surface area (Å²) in [4.78, 5) is 12.6. The Morgan fingerprint density at radius 3 is 2.61 bits per heavy atom. The second-order valence-corrected chi connectivity index (χ2v) is 9.11. The van der Waals surface area contributed by atoms with Crippen LogP contribution in [0.2, 0.25) is 0 Å². The first-order valence-corrected chi connectivity index (χ1v) is 12.0. The van der Waals surface area contributed by atoms with Crippen LogP contribution in [0.1, 0.15) is 63.9 Å². The van der Waals surface area contributed by atoms with Crippen LogP contribution in [-0.4, -0.2) is 59.0 Å². The first kappa shape index (κ1) is 27.4. The van der Waals surface area contributed by atoms with Gasteiger partial charge >= 0.3 is 5.97 Å². The molecule has 0 bridgehead atoms. The number of halogens is 2. The van der Waals surface area contributed by atoms with Crippen molar-refractivity contribution < 1.29 is 28.5 Å². The number of aliphatic hydroxyl groups is 2. The molecule has 0 aromatic heterocycles. The van der Waals surface area contributed by atoms with Gasteiger partial charge in [-0.2, -0.15) is 0 Å². The number of benzene rings is 1. The molecule has 0 radical (unpaired) electrons. The van der Waals surface area contributed by atoms with Crippen molar-refractivity contribution in [1.82, 2.24) is 4.90 Å². The average Bonchev–Trinajstić information content (AvgIpc) is 3.02. The number of alkyl halides is 2.